The van der Waals surface area contributed by atoms with Crippen LogP contribution >= 0.6 is 0 Å². The number of amides is 2. The largest absolute Gasteiger partial charge is 0.497 e. The number of nitrogens with zero attached hydrogens (tertiary/aromatic N) is 2. The second-order valence-corrected chi connectivity index (χ2v) is 7.81. The fourth-order valence-corrected chi connectivity index (χ4v) is 4.05. The number of carbonyl (C=O) groups is 2. The zero-order chi connectivity index (χ0) is 20.9. The lowest BCUT2D eigenvalue weighted by Crippen LogP contribution is -2.32. The number of hydrogen-bond donors (Lipinski definition) is 1. The quantitative estimate of drug-likeness (QED) is 0.760. The van der Waals surface area contributed by atoms with Crippen LogP contribution in [0.15, 0.2) is 42.6 Å². The number of ether oxygens (including phenoxy) is 2. The van der Waals surface area contributed by atoms with Gasteiger partial charge >= 0.3 is 0 Å². The lowest BCUT2D eigenvalue weighted by atomic mass is 10.1. The molecule has 1 unspecified atom stereocenters. The molecule has 0 radical (unpaired) electrons. The smallest absolute Gasteiger partial charge is 0.227 e. The predicted octanol–water partition coefficient (Wildman–Crippen LogP) is 3.08. The van der Waals surface area contributed by atoms with Gasteiger partial charge in [-0.25, -0.2) is 4.98 Å². The van der Waals surface area contributed by atoms with Gasteiger partial charge in [-0.2, -0.15) is 0 Å². The van der Waals surface area contributed by atoms with Crippen molar-refractivity contribution in [1.82, 2.24) is 10.3 Å². The Kier molecular flexibility index (Phi) is 6.16. The molecule has 1 atom stereocenters. The zero-order valence-corrected chi connectivity index (χ0v) is 17.2. The Morgan fingerprint density at radius 3 is 2.70 bits per heavy atom. The molecule has 2 fully saturated rings. The van der Waals surface area contributed by atoms with E-state index in [2.05, 4.69) is 10.3 Å². The molecule has 7 nitrogen and oxygen atoms in total. The summed E-state index contributed by atoms with van der Waals surface area (Å²) in [5, 5.41) is 2.96. The van der Waals surface area contributed by atoms with Gasteiger partial charge in [-0.05, 0) is 56.0 Å². The fraction of sp³-hybridized carbons (Fsp3) is 0.435. The lowest BCUT2D eigenvalue weighted by Gasteiger charge is -2.18. The summed E-state index contributed by atoms with van der Waals surface area (Å²) in [5.74, 6) is 0.760. The summed E-state index contributed by atoms with van der Waals surface area (Å²) in [4.78, 5) is 31.2. The number of carbonyl (C=O) groups excluding carboxylic acids is 2. The maximum atomic E-state index is 12.7. The zero-order valence-electron chi connectivity index (χ0n) is 17.2. The van der Waals surface area contributed by atoms with Crippen LogP contribution in [-0.4, -0.2) is 36.6 Å². The average molecular weight is 409 g/mol. The van der Waals surface area contributed by atoms with Crippen molar-refractivity contribution < 1.29 is 19.1 Å². The minimum atomic E-state index is -0.379. The highest BCUT2D eigenvalue weighted by Crippen LogP contribution is 2.28. The fourth-order valence-electron chi connectivity index (χ4n) is 4.05. The van der Waals surface area contributed by atoms with E-state index < -0.39 is 0 Å². The molecule has 1 aliphatic carbocycles. The van der Waals surface area contributed by atoms with Crippen molar-refractivity contribution in [3.63, 3.8) is 0 Å². The van der Waals surface area contributed by atoms with Gasteiger partial charge in [0.1, 0.15) is 11.9 Å². The van der Waals surface area contributed by atoms with E-state index in [1.165, 1.54) is 12.8 Å². The van der Waals surface area contributed by atoms with Gasteiger partial charge in [-0.15, -0.1) is 0 Å². The molecule has 1 aromatic heterocycles. The van der Waals surface area contributed by atoms with E-state index in [-0.39, 0.29) is 30.3 Å². The highest BCUT2D eigenvalue weighted by atomic mass is 16.5. The Hall–Kier alpha value is -3.09. The lowest BCUT2D eigenvalue weighted by molar-refractivity contribution is -0.126. The van der Waals surface area contributed by atoms with Crippen LogP contribution in [0.4, 0.5) is 5.69 Å². The third kappa shape index (κ3) is 4.56. The molecule has 1 aliphatic heterocycles. The average Bonchev–Trinajstić information content (AvgIpc) is 3.42. The van der Waals surface area contributed by atoms with Gasteiger partial charge in [0.25, 0.3) is 0 Å². The predicted molar refractivity (Wildman–Crippen MR) is 112 cm³/mol. The maximum Gasteiger partial charge on any atom is 0.227 e. The number of anilines is 1. The first-order chi connectivity index (χ1) is 14.6. The maximum absolute atomic E-state index is 12.7. The second kappa shape index (κ2) is 9.15. The van der Waals surface area contributed by atoms with E-state index in [0.717, 1.165) is 29.8 Å². The first-order valence-corrected chi connectivity index (χ1v) is 10.5. The minimum Gasteiger partial charge on any atom is -0.497 e. The van der Waals surface area contributed by atoms with E-state index in [1.54, 1.807) is 18.2 Å². The minimum absolute atomic E-state index is 0.0491. The molecule has 158 valence electrons. The van der Waals surface area contributed by atoms with Gasteiger partial charge in [0, 0.05) is 37.0 Å². The number of aromatic nitrogens is 1. The summed E-state index contributed by atoms with van der Waals surface area (Å²) < 4.78 is 11.2. The molecule has 1 saturated heterocycles. The van der Waals surface area contributed by atoms with E-state index in [4.69, 9.17) is 9.47 Å². The van der Waals surface area contributed by atoms with E-state index >= 15 is 0 Å². The summed E-state index contributed by atoms with van der Waals surface area (Å²) >= 11 is 0. The van der Waals surface area contributed by atoms with Crippen LogP contribution in [0.1, 0.15) is 37.7 Å². The molecule has 2 aliphatic rings. The van der Waals surface area contributed by atoms with Crippen molar-refractivity contribution in [2.75, 3.05) is 18.6 Å². The van der Waals surface area contributed by atoms with Crippen molar-refractivity contribution in [3.05, 3.63) is 48.2 Å². The van der Waals surface area contributed by atoms with Crippen LogP contribution in [0.25, 0.3) is 0 Å². The third-order valence-electron chi connectivity index (χ3n) is 5.76. The summed E-state index contributed by atoms with van der Waals surface area (Å²) in [6, 6.07) is 11.0. The molecule has 2 heterocycles. The van der Waals surface area contributed by atoms with E-state index in [0.29, 0.717) is 19.0 Å². The van der Waals surface area contributed by atoms with Crippen molar-refractivity contribution >= 4 is 17.5 Å². The van der Waals surface area contributed by atoms with Crippen LogP contribution in [0, 0.1) is 5.92 Å². The first kappa shape index (κ1) is 20.2. The molecule has 7 heteroatoms. The number of benzene rings is 1. The van der Waals surface area contributed by atoms with Crippen LogP contribution in [0.5, 0.6) is 11.6 Å². The molecule has 30 heavy (non-hydrogen) atoms. The Morgan fingerprint density at radius 1 is 1.20 bits per heavy atom. The van der Waals surface area contributed by atoms with Gasteiger partial charge < -0.3 is 19.7 Å². The van der Waals surface area contributed by atoms with Gasteiger partial charge in [-0.1, -0.05) is 6.07 Å². The number of rotatable bonds is 7. The van der Waals surface area contributed by atoms with E-state index in [9.17, 15) is 9.59 Å². The Morgan fingerprint density at radius 2 is 1.97 bits per heavy atom. The molecule has 1 N–H and O–H groups in total. The molecule has 1 saturated carbocycles. The molecule has 0 spiro atoms. The molecular weight excluding hydrogens is 382 g/mol. The summed E-state index contributed by atoms with van der Waals surface area (Å²) in [5.41, 5.74) is 1.63. The van der Waals surface area contributed by atoms with Gasteiger partial charge in [0.05, 0.1) is 13.0 Å². The van der Waals surface area contributed by atoms with Gasteiger partial charge in [-0.3, -0.25) is 9.59 Å². The number of nitrogens with one attached hydrogen (secondary N) is 1. The highest BCUT2D eigenvalue weighted by Gasteiger charge is 2.35. The first-order valence-electron chi connectivity index (χ1n) is 10.5. The number of hydrogen-bond acceptors (Lipinski definition) is 5. The van der Waals surface area contributed by atoms with E-state index in [1.807, 2.05) is 36.4 Å². The monoisotopic (exact) mass is 409 g/mol. The topological polar surface area (TPSA) is 80.8 Å². The Labute approximate surface area is 176 Å². The summed E-state index contributed by atoms with van der Waals surface area (Å²) in [6.45, 7) is 0.706. The molecule has 2 aromatic rings. The van der Waals surface area contributed by atoms with Crippen molar-refractivity contribution in [3.8, 4) is 11.6 Å². The van der Waals surface area contributed by atoms with Crippen LogP contribution < -0.4 is 19.7 Å². The number of pyridine rings is 1. The van der Waals surface area contributed by atoms with Gasteiger partial charge in [0.2, 0.25) is 17.7 Å². The molecule has 2 amide bonds. The molecular formula is C23H27N3O4. The molecule has 1 aromatic carbocycles. The third-order valence-corrected chi connectivity index (χ3v) is 5.76. The van der Waals surface area contributed by atoms with Crippen molar-refractivity contribution in [1.29, 1.82) is 0 Å². The number of methoxy groups -OCH3 is 1. The van der Waals surface area contributed by atoms with Gasteiger partial charge in [0.15, 0.2) is 0 Å². The standard InChI is InChI=1S/C23H27N3O4/c1-29-19-10-8-18(9-11-19)26-15-17(13-21(26)27)22(28)25-14-16-5-4-12-24-23(16)30-20-6-2-3-7-20/h4-5,8-12,17,20H,2-3,6-7,13-15H2,1H3,(H,25,28). The Bertz CT molecular complexity index is 894. The summed E-state index contributed by atoms with van der Waals surface area (Å²) in [6.07, 6.45) is 6.59. The highest BCUT2D eigenvalue weighted by molar-refractivity contribution is 6.00. The SMILES string of the molecule is COc1ccc(N2CC(C(=O)NCc3cccnc3OC3CCCC3)CC2=O)cc1. The van der Waals surface area contributed by atoms with Crippen LogP contribution in [-0.2, 0) is 16.1 Å². The van der Waals surface area contributed by atoms with Crippen molar-refractivity contribution in [2.24, 2.45) is 5.92 Å². The second-order valence-electron chi connectivity index (χ2n) is 7.81. The molecule has 4 rings (SSSR count). The van der Waals surface area contributed by atoms with Crippen molar-refractivity contribution in [2.45, 2.75) is 44.8 Å². The Balaban J connectivity index is 1.35. The normalized spacial score (nSPS) is 19.2. The summed E-state index contributed by atoms with van der Waals surface area (Å²) in [7, 11) is 1.60. The van der Waals surface area contributed by atoms with Crippen LogP contribution in [0.3, 0.4) is 0 Å². The van der Waals surface area contributed by atoms with Crippen LogP contribution in [0.2, 0.25) is 0 Å². The molecule has 0 bridgehead atoms.